The van der Waals surface area contributed by atoms with E-state index < -0.39 is 0 Å². The summed E-state index contributed by atoms with van der Waals surface area (Å²) >= 11 is 1.41. The van der Waals surface area contributed by atoms with Crippen LogP contribution in [0.3, 0.4) is 0 Å². The van der Waals surface area contributed by atoms with Crippen molar-refractivity contribution in [1.82, 2.24) is 0 Å². The minimum absolute atomic E-state index is 1.38. The SMILES string of the molecule is CCCCCCCCCCCC[CH2][Ce]. The maximum atomic E-state index is 2.29. The van der Waals surface area contributed by atoms with Gasteiger partial charge in [-0.05, 0) is 0 Å². The average Bonchev–Trinajstić information content (AvgIpc) is 2.21. The van der Waals surface area contributed by atoms with Gasteiger partial charge in [0.2, 0.25) is 0 Å². The molecule has 0 aromatic heterocycles. The third kappa shape index (κ3) is 13.4. The van der Waals surface area contributed by atoms with E-state index in [1.807, 2.05) is 0 Å². The normalized spacial score (nSPS) is 10.6. The van der Waals surface area contributed by atoms with E-state index in [0.717, 1.165) is 0 Å². The Morgan fingerprint density at radius 1 is 0.571 bits per heavy atom. The van der Waals surface area contributed by atoms with Gasteiger partial charge in [0.25, 0.3) is 0 Å². The van der Waals surface area contributed by atoms with Crippen molar-refractivity contribution in [2.45, 2.75) is 79.5 Å². The number of unbranched alkanes of at least 4 members (excludes halogenated alkanes) is 10. The standard InChI is InChI=1S/C13H27.Ce/c1-3-5-7-9-11-13-12-10-8-6-4-2;/h1,3-13H2,2H3;. The summed E-state index contributed by atoms with van der Waals surface area (Å²) in [6, 6.07) is 0. The van der Waals surface area contributed by atoms with Crippen LogP contribution in [0.1, 0.15) is 77.6 Å². The molecule has 0 aliphatic carbocycles. The molecule has 0 aromatic carbocycles. The minimum atomic E-state index is 1.38. The molecule has 83 valence electrons. The van der Waals surface area contributed by atoms with Crippen molar-refractivity contribution in [2.24, 2.45) is 0 Å². The van der Waals surface area contributed by atoms with Gasteiger partial charge in [-0.2, -0.15) is 0 Å². The van der Waals surface area contributed by atoms with Crippen molar-refractivity contribution in [3.63, 3.8) is 0 Å². The van der Waals surface area contributed by atoms with Crippen LogP contribution in [-0.2, 0) is 0 Å². The van der Waals surface area contributed by atoms with Crippen LogP contribution in [0.5, 0.6) is 0 Å². The van der Waals surface area contributed by atoms with Crippen molar-refractivity contribution in [1.29, 1.82) is 0 Å². The average molecular weight is 323 g/mol. The topological polar surface area (TPSA) is 0 Å². The van der Waals surface area contributed by atoms with Crippen molar-refractivity contribution in [3.8, 4) is 0 Å². The van der Waals surface area contributed by atoms with E-state index in [1.165, 1.54) is 112 Å². The van der Waals surface area contributed by atoms with Crippen LogP contribution in [0.2, 0.25) is 1.94 Å². The first-order valence-corrected chi connectivity index (χ1v) is 8.78. The zero-order chi connectivity index (χ0) is 10.5. The Hall–Kier alpha value is 1.38. The predicted octanol–water partition coefficient (Wildman–Crippen LogP) is 5.27. The molecule has 0 spiro atoms. The van der Waals surface area contributed by atoms with Gasteiger partial charge in [-0.3, -0.25) is 0 Å². The third-order valence-corrected chi connectivity index (χ3v) is 3.89. The van der Waals surface area contributed by atoms with Crippen LogP contribution < -0.4 is 0 Å². The van der Waals surface area contributed by atoms with E-state index in [1.54, 1.807) is 0 Å². The van der Waals surface area contributed by atoms with Gasteiger partial charge in [0, 0.05) is 0 Å². The molecule has 1 heteroatoms. The molecular weight excluding hydrogens is 296 g/mol. The van der Waals surface area contributed by atoms with Crippen LogP contribution in [0.25, 0.3) is 0 Å². The monoisotopic (exact) mass is 323 g/mol. The molecule has 0 atom stereocenters. The fraction of sp³-hybridized carbons (Fsp3) is 1.00. The molecule has 0 N–H and O–H groups in total. The molecular formula is C13H27Ce. The molecule has 0 saturated heterocycles. The Labute approximate surface area is 118 Å². The molecule has 0 unspecified atom stereocenters. The number of hydrogen-bond acceptors (Lipinski definition) is 0. The summed E-state index contributed by atoms with van der Waals surface area (Å²) in [6.07, 6.45) is 16.2. The quantitative estimate of drug-likeness (QED) is 0.455. The fourth-order valence-electron chi connectivity index (χ4n) is 1.79. The second kappa shape index (κ2) is 14.4. The summed E-state index contributed by atoms with van der Waals surface area (Å²) in [5.74, 6) is 0. The van der Waals surface area contributed by atoms with E-state index in [4.69, 9.17) is 0 Å². The van der Waals surface area contributed by atoms with Crippen molar-refractivity contribution < 1.29 is 39.6 Å². The number of rotatable bonds is 11. The van der Waals surface area contributed by atoms with Crippen molar-refractivity contribution in [3.05, 3.63) is 0 Å². The van der Waals surface area contributed by atoms with Crippen molar-refractivity contribution in [2.75, 3.05) is 0 Å². The molecule has 0 rings (SSSR count). The van der Waals surface area contributed by atoms with Crippen LogP contribution in [0, 0.1) is 39.6 Å². The predicted molar refractivity (Wildman–Crippen MR) is 61.3 cm³/mol. The molecule has 0 heterocycles. The summed E-state index contributed by atoms with van der Waals surface area (Å²) in [7, 11) is 0. The summed E-state index contributed by atoms with van der Waals surface area (Å²) in [4.78, 5) is 0. The summed E-state index contributed by atoms with van der Waals surface area (Å²) in [6.45, 7) is 2.29. The Bertz CT molecular complexity index is 79.2. The Kier molecular flexibility index (Phi) is 15.8. The number of hydrogen-bond donors (Lipinski definition) is 0. The van der Waals surface area contributed by atoms with Gasteiger partial charge in [-0.1, -0.05) is 6.92 Å². The summed E-state index contributed by atoms with van der Waals surface area (Å²) < 4.78 is 1.51. The molecule has 0 aliphatic rings. The molecule has 0 aliphatic heterocycles. The third-order valence-electron chi connectivity index (χ3n) is 2.78. The Morgan fingerprint density at radius 3 is 1.29 bits per heavy atom. The molecule has 0 bridgehead atoms. The molecule has 0 nitrogen and oxygen atoms in total. The van der Waals surface area contributed by atoms with Gasteiger partial charge < -0.3 is 0 Å². The molecule has 0 radical (unpaired) electrons. The first-order valence-electron chi connectivity index (χ1n) is 6.56. The van der Waals surface area contributed by atoms with Crippen molar-refractivity contribution >= 4 is 0 Å². The zero-order valence-electron chi connectivity index (χ0n) is 9.99. The fourth-order valence-corrected chi connectivity index (χ4v) is 2.57. The van der Waals surface area contributed by atoms with Crippen LogP contribution in [-0.4, -0.2) is 0 Å². The molecule has 0 fully saturated rings. The molecule has 14 heavy (non-hydrogen) atoms. The molecule has 0 aromatic rings. The maximum absolute atomic E-state index is 2.29. The van der Waals surface area contributed by atoms with Crippen LogP contribution in [0.15, 0.2) is 0 Å². The van der Waals surface area contributed by atoms with Gasteiger partial charge in [0.1, 0.15) is 0 Å². The Balaban J connectivity index is 2.78. The van der Waals surface area contributed by atoms with E-state index in [9.17, 15) is 0 Å². The van der Waals surface area contributed by atoms with Crippen LogP contribution >= 0.6 is 0 Å². The van der Waals surface area contributed by atoms with Gasteiger partial charge in [0.15, 0.2) is 0 Å². The van der Waals surface area contributed by atoms with E-state index in [2.05, 4.69) is 6.92 Å². The van der Waals surface area contributed by atoms with Gasteiger partial charge >= 0.3 is 112 Å². The first-order chi connectivity index (χ1) is 6.91. The second-order valence-electron chi connectivity index (χ2n) is 4.29. The second-order valence-corrected chi connectivity index (χ2v) is 5.86. The summed E-state index contributed by atoms with van der Waals surface area (Å²) in [5, 5.41) is 0. The summed E-state index contributed by atoms with van der Waals surface area (Å²) in [5.41, 5.74) is 0. The first kappa shape index (κ1) is 15.4. The van der Waals surface area contributed by atoms with Gasteiger partial charge in [-0.25, -0.2) is 0 Å². The molecule has 0 saturated carbocycles. The van der Waals surface area contributed by atoms with E-state index in [-0.39, 0.29) is 0 Å². The zero-order valence-corrected chi connectivity index (χ0v) is 13.1. The van der Waals surface area contributed by atoms with Gasteiger partial charge in [0.05, 0.1) is 0 Å². The van der Waals surface area contributed by atoms with E-state index in [0.29, 0.717) is 0 Å². The molecule has 0 amide bonds. The van der Waals surface area contributed by atoms with E-state index >= 15 is 0 Å². The van der Waals surface area contributed by atoms with Gasteiger partial charge in [-0.15, -0.1) is 0 Å². The Morgan fingerprint density at radius 2 is 0.929 bits per heavy atom. The van der Waals surface area contributed by atoms with Crippen LogP contribution in [0.4, 0.5) is 0 Å².